The molecule has 0 aliphatic carbocycles. The number of para-hydroxylation sites is 2. The molecule has 0 spiro atoms. The summed E-state index contributed by atoms with van der Waals surface area (Å²) < 4.78 is 4.85. The summed E-state index contributed by atoms with van der Waals surface area (Å²) in [7, 11) is 0. The number of nitrogens with zero attached hydrogens (tertiary/aromatic N) is 4. The SMILES string of the molecule is c1ccc(-c2nc(-c3ccc4c(c3)sc3ccccc34)nc(-c3cc4ccccc4cc3-n3c4ccccc4c4ccccc43)n2)cc1. The summed E-state index contributed by atoms with van der Waals surface area (Å²) in [5.41, 5.74) is 6.18. The molecule has 5 heteroatoms. The maximum atomic E-state index is 5.27. The van der Waals surface area contributed by atoms with Crippen LogP contribution in [-0.2, 0) is 0 Å². The summed E-state index contributed by atoms with van der Waals surface area (Å²) in [4.78, 5) is 15.6. The number of aromatic nitrogens is 4. The molecule has 0 saturated heterocycles. The van der Waals surface area contributed by atoms with E-state index in [2.05, 4.69) is 144 Å². The lowest BCUT2D eigenvalue weighted by atomic mass is 10.0. The molecule has 7 aromatic carbocycles. The van der Waals surface area contributed by atoms with Crippen LogP contribution in [0.2, 0.25) is 0 Å². The highest BCUT2D eigenvalue weighted by atomic mass is 32.1. The lowest BCUT2D eigenvalue weighted by Crippen LogP contribution is -2.04. The van der Waals surface area contributed by atoms with E-state index in [0.29, 0.717) is 17.5 Å². The van der Waals surface area contributed by atoms with E-state index in [1.165, 1.54) is 30.9 Å². The Kier molecular flexibility index (Phi) is 6.01. The first kappa shape index (κ1) is 27.0. The molecule has 0 unspecified atom stereocenters. The van der Waals surface area contributed by atoms with Crippen molar-refractivity contribution in [2.24, 2.45) is 0 Å². The highest BCUT2D eigenvalue weighted by Crippen LogP contribution is 2.39. The van der Waals surface area contributed by atoms with Gasteiger partial charge in [0.05, 0.1) is 16.7 Å². The third kappa shape index (κ3) is 4.25. The van der Waals surface area contributed by atoms with Gasteiger partial charge in [-0.1, -0.05) is 121 Å². The van der Waals surface area contributed by atoms with Gasteiger partial charge in [0.25, 0.3) is 0 Å². The number of hydrogen-bond acceptors (Lipinski definition) is 4. The predicted octanol–water partition coefficient (Wildman–Crippen LogP) is 11.5. The minimum atomic E-state index is 0.637. The van der Waals surface area contributed by atoms with Crippen LogP contribution >= 0.6 is 11.3 Å². The fourth-order valence-electron chi connectivity index (χ4n) is 6.98. The lowest BCUT2D eigenvalue weighted by Gasteiger charge is -2.16. The molecule has 10 aromatic rings. The van der Waals surface area contributed by atoms with Crippen LogP contribution in [0.5, 0.6) is 0 Å². The van der Waals surface area contributed by atoms with Crippen LogP contribution in [0.1, 0.15) is 0 Å². The van der Waals surface area contributed by atoms with Crippen LogP contribution < -0.4 is 0 Å². The molecule has 0 saturated carbocycles. The molecule has 0 aliphatic heterocycles. The van der Waals surface area contributed by atoms with Gasteiger partial charge in [0.2, 0.25) is 0 Å². The van der Waals surface area contributed by atoms with Crippen molar-refractivity contribution >= 4 is 64.1 Å². The first-order valence-corrected chi connectivity index (χ1v) is 16.9. The fourth-order valence-corrected chi connectivity index (χ4v) is 8.13. The molecule has 3 aromatic heterocycles. The topological polar surface area (TPSA) is 43.6 Å². The maximum Gasteiger partial charge on any atom is 0.166 e. The highest BCUT2D eigenvalue weighted by molar-refractivity contribution is 7.25. The molecule has 0 amide bonds. The van der Waals surface area contributed by atoms with E-state index < -0.39 is 0 Å². The van der Waals surface area contributed by atoms with Gasteiger partial charge in [-0.2, -0.15) is 0 Å². The molecule has 0 radical (unpaired) electrons. The van der Waals surface area contributed by atoms with E-state index >= 15 is 0 Å². The second-order valence-electron chi connectivity index (χ2n) is 12.1. The second-order valence-corrected chi connectivity index (χ2v) is 13.2. The molecule has 10 rings (SSSR count). The zero-order chi connectivity index (χ0) is 31.6. The van der Waals surface area contributed by atoms with Gasteiger partial charge in [-0.15, -0.1) is 11.3 Å². The van der Waals surface area contributed by atoms with E-state index in [-0.39, 0.29) is 0 Å². The summed E-state index contributed by atoms with van der Waals surface area (Å²) in [5, 5.41) is 7.24. The third-order valence-electron chi connectivity index (χ3n) is 9.23. The molecule has 0 atom stereocenters. The minimum Gasteiger partial charge on any atom is -0.308 e. The quantitative estimate of drug-likeness (QED) is 0.194. The maximum absolute atomic E-state index is 5.27. The van der Waals surface area contributed by atoms with Crippen LogP contribution in [0.15, 0.2) is 158 Å². The van der Waals surface area contributed by atoms with Gasteiger partial charge in [0, 0.05) is 47.6 Å². The normalized spacial score (nSPS) is 11.8. The van der Waals surface area contributed by atoms with Gasteiger partial charge >= 0.3 is 0 Å². The van der Waals surface area contributed by atoms with Gasteiger partial charge in [0.1, 0.15) is 0 Å². The summed E-state index contributed by atoms with van der Waals surface area (Å²) in [5.74, 6) is 1.94. The molecule has 0 fully saturated rings. The third-order valence-corrected chi connectivity index (χ3v) is 10.4. The Morgan fingerprint density at radius 1 is 0.396 bits per heavy atom. The Morgan fingerprint density at radius 3 is 1.71 bits per heavy atom. The van der Waals surface area contributed by atoms with Crippen molar-refractivity contribution < 1.29 is 0 Å². The summed E-state index contributed by atoms with van der Waals surface area (Å²) in [6, 6.07) is 55.6. The first-order chi connectivity index (χ1) is 23.8. The van der Waals surface area contributed by atoms with Gasteiger partial charge in [-0.05, 0) is 47.2 Å². The van der Waals surface area contributed by atoms with Crippen LogP contribution in [0.3, 0.4) is 0 Å². The molecule has 0 bridgehead atoms. The van der Waals surface area contributed by atoms with E-state index in [0.717, 1.165) is 44.2 Å². The van der Waals surface area contributed by atoms with Gasteiger partial charge in [0.15, 0.2) is 17.5 Å². The average Bonchev–Trinajstić information content (AvgIpc) is 3.70. The minimum absolute atomic E-state index is 0.637. The largest absolute Gasteiger partial charge is 0.308 e. The van der Waals surface area contributed by atoms with Crippen LogP contribution in [0.4, 0.5) is 0 Å². The standard InChI is InChI=1S/C43H26N4S/c1-2-12-27(13-3-1)41-44-42(30-22-23-34-33-18-8-11-21-39(33)48-40(34)26-30)46-43(45-41)35-24-28-14-4-5-15-29(28)25-38(35)47-36-19-9-6-16-31(36)32-17-7-10-20-37(32)47/h1-26H. The Balaban J connectivity index is 1.27. The Labute approximate surface area is 280 Å². The number of benzene rings is 7. The number of hydrogen-bond donors (Lipinski definition) is 0. The van der Waals surface area contributed by atoms with E-state index in [1.807, 2.05) is 18.2 Å². The van der Waals surface area contributed by atoms with Crippen LogP contribution in [0.25, 0.3) is 92.6 Å². The second kappa shape index (κ2) is 10.7. The highest BCUT2D eigenvalue weighted by Gasteiger charge is 2.20. The lowest BCUT2D eigenvalue weighted by molar-refractivity contribution is 1.07. The summed E-state index contributed by atoms with van der Waals surface area (Å²) in [6.07, 6.45) is 0. The zero-order valence-electron chi connectivity index (χ0n) is 25.7. The van der Waals surface area contributed by atoms with Crippen molar-refractivity contribution in [3.8, 4) is 39.9 Å². The van der Waals surface area contributed by atoms with Crippen molar-refractivity contribution in [1.29, 1.82) is 0 Å². The van der Waals surface area contributed by atoms with Crippen molar-refractivity contribution in [2.75, 3.05) is 0 Å². The van der Waals surface area contributed by atoms with Gasteiger partial charge < -0.3 is 4.57 Å². The number of rotatable bonds is 4. The van der Waals surface area contributed by atoms with E-state index in [9.17, 15) is 0 Å². The number of thiophene rings is 1. The van der Waals surface area contributed by atoms with Crippen LogP contribution in [0, 0.1) is 0 Å². The summed E-state index contributed by atoms with van der Waals surface area (Å²) >= 11 is 1.80. The van der Waals surface area contributed by atoms with Gasteiger partial charge in [-0.25, -0.2) is 15.0 Å². The van der Waals surface area contributed by atoms with Crippen molar-refractivity contribution in [3.05, 3.63) is 158 Å². The molecule has 3 heterocycles. The van der Waals surface area contributed by atoms with Crippen molar-refractivity contribution in [1.82, 2.24) is 19.5 Å². The molecule has 4 nitrogen and oxygen atoms in total. The van der Waals surface area contributed by atoms with Crippen LogP contribution in [-0.4, -0.2) is 19.5 Å². The van der Waals surface area contributed by atoms with E-state index in [4.69, 9.17) is 15.0 Å². The molecule has 224 valence electrons. The smallest absolute Gasteiger partial charge is 0.166 e. The Bertz CT molecular complexity index is 2800. The molecular formula is C43H26N4S. The average molecular weight is 631 g/mol. The summed E-state index contributed by atoms with van der Waals surface area (Å²) in [6.45, 7) is 0. The number of fused-ring (bicyclic) bond motifs is 7. The monoisotopic (exact) mass is 630 g/mol. The Hall–Kier alpha value is -6.17. The van der Waals surface area contributed by atoms with Gasteiger partial charge in [-0.3, -0.25) is 0 Å². The Morgan fingerprint density at radius 2 is 0.958 bits per heavy atom. The zero-order valence-corrected chi connectivity index (χ0v) is 26.5. The first-order valence-electron chi connectivity index (χ1n) is 16.0. The molecule has 0 N–H and O–H groups in total. The molecule has 0 aliphatic rings. The molecular weight excluding hydrogens is 605 g/mol. The fraction of sp³-hybridized carbons (Fsp3) is 0. The predicted molar refractivity (Wildman–Crippen MR) is 201 cm³/mol. The van der Waals surface area contributed by atoms with Crippen molar-refractivity contribution in [3.63, 3.8) is 0 Å². The van der Waals surface area contributed by atoms with E-state index in [1.54, 1.807) is 11.3 Å². The van der Waals surface area contributed by atoms with Crippen molar-refractivity contribution in [2.45, 2.75) is 0 Å². The molecule has 48 heavy (non-hydrogen) atoms.